The lowest BCUT2D eigenvalue weighted by Crippen LogP contribution is -2.29. The molecular formula is C18H18O5. The number of esters is 1. The van der Waals surface area contributed by atoms with Crippen LogP contribution in [-0.2, 0) is 23.9 Å². The molecule has 0 radical (unpaired) electrons. The van der Waals surface area contributed by atoms with E-state index in [1.54, 1.807) is 13.0 Å². The summed E-state index contributed by atoms with van der Waals surface area (Å²) >= 11 is 0. The third kappa shape index (κ3) is 2.41. The van der Waals surface area contributed by atoms with Crippen molar-refractivity contribution in [2.24, 2.45) is 0 Å². The number of hydrogen-bond acceptors (Lipinski definition) is 5. The van der Waals surface area contributed by atoms with Crippen molar-refractivity contribution in [1.82, 2.24) is 0 Å². The molecule has 0 bridgehead atoms. The number of hydrogen-bond donors (Lipinski definition) is 0. The fourth-order valence-corrected chi connectivity index (χ4v) is 3.19. The molecule has 23 heavy (non-hydrogen) atoms. The number of cyclic esters (lactones) is 1. The van der Waals surface area contributed by atoms with Gasteiger partial charge >= 0.3 is 5.97 Å². The number of ether oxygens (including phenoxy) is 2. The molecule has 0 aromatic carbocycles. The molecule has 0 aromatic rings. The van der Waals surface area contributed by atoms with Crippen molar-refractivity contribution < 1.29 is 23.9 Å². The monoisotopic (exact) mass is 314 g/mol. The third-order valence-corrected chi connectivity index (χ3v) is 4.35. The number of carbonyl (C=O) groups is 3. The molecule has 2 heterocycles. The van der Waals surface area contributed by atoms with Crippen LogP contribution in [0.4, 0.5) is 0 Å². The fraction of sp³-hybridized carbons (Fsp3) is 0.389. The van der Waals surface area contributed by atoms with Crippen molar-refractivity contribution in [3.63, 3.8) is 0 Å². The zero-order chi connectivity index (χ0) is 16.8. The first-order chi connectivity index (χ1) is 10.9. The predicted molar refractivity (Wildman–Crippen MR) is 82.5 cm³/mol. The third-order valence-electron chi connectivity index (χ3n) is 4.35. The Hall–Kier alpha value is -2.27. The molecular weight excluding hydrogens is 296 g/mol. The van der Waals surface area contributed by atoms with Crippen molar-refractivity contribution in [2.45, 2.75) is 44.0 Å². The van der Waals surface area contributed by atoms with E-state index in [4.69, 9.17) is 9.47 Å². The van der Waals surface area contributed by atoms with Crippen molar-refractivity contribution in [3.8, 4) is 0 Å². The van der Waals surface area contributed by atoms with Gasteiger partial charge in [-0.25, -0.2) is 4.79 Å². The Bertz CT molecular complexity index is 696. The zero-order valence-corrected chi connectivity index (χ0v) is 13.0. The smallest absolute Gasteiger partial charge is 0.342 e. The summed E-state index contributed by atoms with van der Waals surface area (Å²) < 4.78 is 11.0. The van der Waals surface area contributed by atoms with Crippen LogP contribution in [0.25, 0.3) is 0 Å². The second-order valence-corrected chi connectivity index (χ2v) is 6.17. The molecule has 5 heteroatoms. The summed E-state index contributed by atoms with van der Waals surface area (Å²) in [5, 5.41) is 0. The highest BCUT2D eigenvalue weighted by Gasteiger charge is 2.73. The molecule has 2 saturated heterocycles. The Morgan fingerprint density at radius 1 is 1.30 bits per heavy atom. The van der Waals surface area contributed by atoms with Gasteiger partial charge in [0.15, 0.2) is 23.3 Å². The van der Waals surface area contributed by atoms with E-state index >= 15 is 0 Å². The van der Waals surface area contributed by atoms with Crippen LogP contribution < -0.4 is 0 Å². The van der Waals surface area contributed by atoms with Gasteiger partial charge in [-0.1, -0.05) is 18.2 Å². The molecule has 3 atom stereocenters. The number of ketones is 2. The predicted octanol–water partition coefficient (Wildman–Crippen LogP) is 1.99. The number of epoxide rings is 1. The molecule has 0 N–H and O–H groups in total. The molecule has 2 aliphatic heterocycles. The normalized spacial score (nSPS) is 32.0. The maximum atomic E-state index is 12.3. The van der Waals surface area contributed by atoms with E-state index in [1.807, 2.05) is 0 Å². The van der Waals surface area contributed by atoms with Gasteiger partial charge in [-0.15, -0.1) is 6.58 Å². The SMILES string of the molecule is C=CCC[C@@]12O[C@@H]1[C@@H](C1=C(CC(=C)C)C(=O)C=CC1=O)OC2=O. The lowest BCUT2D eigenvalue weighted by molar-refractivity contribution is -0.152. The minimum Gasteiger partial charge on any atom is -0.452 e. The Kier molecular flexibility index (Phi) is 3.68. The highest BCUT2D eigenvalue weighted by Crippen LogP contribution is 2.52. The fourth-order valence-electron chi connectivity index (χ4n) is 3.19. The van der Waals surface area contributed by atoms with Crippen LogP contribution >= 0.6 is 0 Å². The van der Waals surface area contributed by atoms with Crippen LogP contribution in [0.2, 0.25) is 0 Å². The van der Waals surface area contributed by atoms with E-state index in [-0.39, 0.29) is 23.6 Å². The molecule has 0 saturated carbocycles. The Morgan fingerprint density at radius 3 is 2.61 bits per heavy atom. The van der Waals surface area contributed by atoms with Gasteiger partial charge in [-0.2, -0.15) is 0 Å². The molecule has 0 unspecified atom stereocenters. The van der Waals surface area contributed by atoms with E-state index in [1.165, 1.54) is 12.2 Å². The largest absolute Gasteiger partial charge is 0.452 e. The first-order valence-corrected chi connectivity index (χ1v) is 7.54. The van der Waals surface area contributed by atoms with Crippen molar-refractivity contribution >= 4 is 17.5 Å². The van der Waals surface area contributed by atoms with Gasteiger partial charge in [0.05, 0.1) is 5.57 Å². The maximum absolute atomic E-state index is 12.3. The molecule has 0 spiro atoms. The molecule has 0 amide bonds. The highest BCUT2D eigenvalue weighted by atomic mass is 16.7. The van der Waals surface area contributed by atoms with E-state index in [2.05, 4.69) is 13.2 Å². The molecule has 3 rings (SSSR count). The summed E-state index contributed by atoms with van der Waals surface area (Å²) in [6, 6.07) is 0. The lowest BCUT2D eigenvalue weighted by Gasteiger charge is -2.20. The summed E-state index contributed by atoms with van der Waals surface area (Å²) in [5.74, 6) is -1.03. The molecule has 2 fully saturated rings. The van der Waals surface area contributed by atoms with Crippen LogP contribution in [-0.4, -0.2) is 35.3 Å². The van der Waals surface area contributed by atoms with Crippen LogP contribution in [0.15, 0.2) is 48.1 Å². The quantitative estimate of drug-likeness (QED) is 0.324. The zero-order valence-electron chi connectivity index (χ0n) is 13.0. The summed E-state index contributed by atoms with van der Waals surface area (Å²) in [5.41, 5.74) is 0.354. The van der Waals surface area contributed by atoms with E-state index in [0.717, 1.165) is 5.57 Å². The van der Waals surface area contributed by atoms with Gasteiger partial charge in [0, 0.05) is 5.57 Å². The van der Waals surface area contributed by atoms with Crippen molar-refractivity contribution in [3.05, 3.63) is 48.1 Å². The van der Waals surface area contributed by atoms with E-state index < -0.39 is 23.8 Å². The minimum absolute atomic E-state index is 0.233. The summed E-state index contributed by atoms with van der Waals surface area (Å²) in [6.07, 6.45) is 4.22. The van der Waals surface area contributed by atoms with Gasteiger partial charge in [0.25, 0.3) is 0 Å². The van der Waals surface area contributed by atoms with E-state index in [9.17, 15) is 14.4 Å². The summed E-state index contributed by atoms with van der Waals surface area (Å²) in [7, 11) is 0. The average molecular weight is 314 g/mol. The van der Waals surface area contributed by atoms with Gasteiger partial charge < -0.3 is 9.47 Å². The number of rotatable bonds is 6. The molecule has 120 valence electrons. The Morgan fingerprint density at radius 2 is 2.00 bits per heavy atom. The summed E-state index contributed by atoms with van der Waals surface area (Å²) in [6.45, 7) is 9.21. The molecule has 0 aromatic heterocycles. The minimum atomic E-state index is -0.981. The topological polar surface area (TPSA) is 73.0 Å². The molecule has 1 aliphatic carbocycles. The number of carbonyl (C=O) groups excluding carboxylic acids is 3. The maximum Gasteiger partial charge on any atom is 0.342 e. The number of allylic oxidation sites excluding steroid dienone is 5. The van der Waals surface area contributed by atoms with Gasteiger partial charge in [0.2, 0.25) is 0 Å². The second kappa shape index (κ2) is 5.42. The second-order valence-electron chi connectivity index (χ2n) is 6.17. The van der Waals surface area contributed by atoms with Crippen LogP contribution in [0.1, 0.15) is 26.2 Å². The number of fused-ring (bicyclic) bond motifs is 1. The van der Waals surface area contributed by atoms with Gasteiger partial charge in [0.1, 0.15) is 6.10 Å². The summed E-state index contributed by atoms with van der Waals surface area (Å²) in [4.78, 5) is 36.7. The van der Waals surface area contributed by atoms with Crippen molar-refractivity contribution in [2.75, 3.05) is 0 Å². The molecule has 5 nitrogen and oxygen atoms in total. The van der Waals surface area contributed by atoms with Gasteiger partial charge in [-0.05, 0) is 38.3 Å². The van der Waals surface area contributed by atoms with Gasteiger partial charge in [-0.3, -0.25) is 9.59 Å². The highest BCUT2D eigenvalue weighted by molar-refractivity contribution is 6.21. The van der Waals surface area contributed by atoms with Crippen LogP contribution in [0.3, 0.4) is 0 Å². The van der Waals surface area contributed by atoms with E-state index in [0.29, 0.717) is 18.4 Å². The molecule has 3 aliphatic rings. The standard InChI is InChI=1S/C18H18O5/c1-4-5-8-18-16(23-18)15(22-17(18)21)14-11(9-10(2)3)12(19)6-7-13(14)20/h4,6-7,15-16H,1-2,5,8-9H2,3H3/t15-,16-,18-/m1/s1. The lowest BCUT2D eigenvalue weighted by atomic mass is 9.85. The van der Waals surface area contributed by atoms with Crippen molar-refractivity contribution in [1.29, 1.82) is 0 Å². The Labute approximate surface area is 134 Å². The first-order valence-electron chi connectivity index (χ1n) is 7.54. The Balaban J connectivity index is 1.95. The first kappa shape index (κ1) is 15.6. The van der Waals surface area contributed by atoms with Crippen LogP contribution in [0, 0.1) is 0 Å². The van der Waals surface area contributed by atoms with Crippen LogP contribution in [0.5, 0.6) is 0 Å². The average Bonchev–Trinajstić information content (AvgIpc) is 3.16.